The first-order valence-corrected chi connectivity index (χ1v) is 5.66. The Morgan fingerprint density at radius 1 is 1.12 bits per heavy atom. The Morgan fingerprint density at radius 3 is 2.38 bits per heavy atom. The number of hydrogen-bond donors (Lipinski definition) is 0. The third kappa shape index (κ3) is 6.22. The van der Waals surface area contributed by atoms with Crippen molar-refractivity contribution in [1.82, 2.24) is 0 Å². The minimum absolute atomic E-state index is 0.778. The van der Waals surface area contributed by atoms with Crippen molar-refractivity contribution in [2.24, 2.45) is 0 Å². The minimum atomic E-state index is 0.778. The second-order valence-corrected chi connectivity index (χ2v) is 3.65. The summed E-state index contributed by atoms with van der Waals surface area (Å²) in [7, 11) is 0.778. The highest BCUT2D eigenvalue weighted by Crippen LogP contribution is 2.01. The predicted octanol–water partition coefficient (Wildman–Crippen LogP) is 2.47. The van der Waals surface area contributed by atoms with Gasteiger partial charge in [0.05, 0.1) is 0 Å². The molecule has 0 unspecified atom stereocenters. The quantitative estimate of drug-likeness (QED) is 0.395. The molecule has 0 nitrogen and oxygen atoms in total. The van der Waals surface area contributed by atoms with Gasteiger partial charge in [0.25, 0.3) is 0 Å². The van der Waals surface area contributed by atoms with Gasteiger partial charge in [-0.1, -0.05) is 45.2 Å². The monoisotopic (exact) mass is 129 g/mol. The van der Waals surface area contributed by atoms with Crippen LogP contribution < -0.4 is 0 Å². The molecule has 0 heterocycles. The van der Waals surface area contributed by atoms with Crippen molar-refractivity contribution < 1.29 is 0 Å². The second kappa shape index (κ2) is 7.22. The first-order chi connectivity index (χ1) is 3.91. The van der Waals surface area contributed by atoms with E-state index in [9.17, 15) is 0 Å². The smallest absolute Gasteiger partial charge is 0.0246 e. The molecule has 0 amide bonds. The SMILES string of the molecule is CCCCCC[SiH]C. The highest BCUT2D eigenvalue weighted by Gasteiger charge is 1.83. The van der Waals surface area contributed by atoms with Crippen LogP contribution in [-0.2, 0) is 0 Å². The summed E-state index contributed by atoms with van der Waals surface area (Å²) in [6.07, 6.45) is 5.77. The van der Waals surface area contributed by atoms with Crippen molar-refractivity contribution in [2.45, 2.75) is 45.2 Å². The van der Waals surface area contributed by atoms with Crippen molar-refractivity contribution in [3.63, 3.8) is 0 Å². The Kier molecular flexibility index (Phi) is 7.41. The lowest BCUT2D eigenvalue weighted by Crippen LogP contribution is -1.80. The maximum absolute atomic E-state index is 2.34. The van der Waals surface area contributed by atoms with Gasteiger partial charge < -0.3 is 0 Å². The van der Waals surface area contributed by atoms with E-state index < -0.39 is 0 Å². The molecular formula is C7H17Si. The molecule has 0 aromatic rings. The molecule has 0 aliphatic carbocycles. The molecule has 0 spiro atoms. The summed E-state index contributed by atoms with van der Waals surface area (Å²) in [5.74, 6) is 0. The maximum Gasteiger partial charge on any atom is 0.0246 e. The maximum atomic E-state index is 2.34. The number of hydrogen-bond acceptors (Lipinski definition) is 0. The average molecular weight is 129 g/mol. The molecule has 0 saturated carbocycles. The van der Waals surface area contributed by atoms with Gasteiger partial charge in [-0.05, 0) is 0 Å². The van der Waals surface area contributed by atoms with E-state index in [1.807, 2.05) is 0 Å². The fraction of sp³-hybridized carbons (Fsp3) is 1.00. The van der Waals surface area contributed by atoms with Crippen LogP contribution in [0.25, 0.3) is 0 Å². The Labute approximate surface area is 55.5 Å². The third-order valence-electron chi connectivity index (χ3n) is 1.35. The third-order valence-corrected chi connectivity index (χ3v) is 2.33. The Balaban J connectivity index is 2.53. The summed E-state index contributed by atoms with van der Waals surface area (Å²) in [5.41, 5.74) is 0. The minimum Gasteiger partial charge on any atom is -0.0741 e. The van der Waals surface area contributed by atoms with E-state index in [-0.39, 0.29) is 0 Å². The molecule has 0 aromatic heterocycles. The molecule has 1 heteroatoms. The van der Waals surface area contributed by atoms with E-state index in [1.165, 1.54) is 31.7 Å². The molecule has 49 valence electrons. The van der Waals surface area contributed by atoms with Crippen molar-refractivity contribution in [2.75, 3.05) is 0 Å². The summed E-state index contributed by atoms with van der Waals surface area (Å²) in [5, 5.41) is 0. The van der Waals surface area contributed by atoms with Gasteiger partial charge in [-0.15, -0.1) is 0 Å². The van der Waals surface area contributed by atoms with E-state index in [0.717, 1.165) is 9.52 Å². The van der Waals surface area contributed by atoms with E-state index >= 15 is 0 Å². The summed E-state index contributed by atoms with van der Waals surface area (Å²) < 4.78 is 0. The molecule has 1 radical (unpaired) electrons. The standard InChI is InChI=1S/C7H17Si/c1-3-4-5-6-7-8-2/h8H,3-7H2,1-2H3. The highest BCUT2D eigenvalue weighted by molar-refractivity contribution is 6.33. The van der Waals surface area contributed by atoms with Gasteiger partial charge in [-0.3, -0.25) is 0 Å². The lowest BCUT2D eigenvalue weighted by Gasteiger charge is -1.93. The summed E-state index contributed by atoms with van der Waals surface area (Å²) in [4.78, 5) is 0. The Bertz CT molecular complexity index is 29.4. The zero-order chi connectivity index (χ0) is 6.24. The van der Waals surface area contributed by atoms with Crippen LogP contribution in [0.15, 0.2) is 0 Å². The second-order valence-electron chi connectivity index (χ2n) is 2.26. The molecule has 8 heavy (non-hydrogen) atoms. The van der Waals surface area contributed by atoms with Gasteiger partial charge in [0, 0.05) is 9.52 Å². The van der Waals surface area contributed by atoms with Gasteiger partial charge in [0.15, 0.2) is 0 Å². The molecular weight excluding hydrogens is 112 g/mol. The predicted molar refractivity (Wildman–Crippen MR) is 42.0 cm³/mol. The normalized spacial score (nSPS) is 9.75. The summed E-state index contributed by atoms with van der Waals surface area (Å²) in [6.45, 7) is 4.60. The van der Waals surface area contributed by atoms with Crippen LogP contribution in [0, 0.1) is 0 Å². The lowest BCUT2D eigenvalue weighted by atomic mass is 10.2. The van der Waals surface area contributed by atoms with Gasteiger partial charge in [0.1, 0.15) is 0 Å². The number of unbranched alkanes of at least 4 members (excludes halogenated alkanes) is 3. The zero-order valence-electron chi connectivity index (χ0n) is 6.11. The van der Waals surface area contributed by atoms with E-state index in [4.69, 9.17) is 0 Å². The summed E-state index contributed by atoms with van der Waals surface area (Å²) in [6, 6.07) is 1.51. The average Bonchev–Trinajstić information content (AvgIpc) is 1.81. The molecule has 0 N–H and O–H groups in total. The van der Waals surface area contributed by atoms with E-state index in [0.29, 0.717) is 0 Å². The molecule has 0 atom stereocenters. The van der Waals surface area contributed by atoms with Crippen molar-refractivity contribution in [3.05, 3.63) is 0 Å². The first-order valence-electron chi connectivity index (χ1n) is 3.69. The van der Waals surface area contributed by atoms with Crippen LogP contribution in [-0.4, -0.2) is 9.52 Å². The Hall–Kier alpha value is 0.217. The van der Waals surface area contributed by atoms with Crippen molar-refractivity contribution >= 4 is 9.52 Å². The van der Waals surface area contributed by atoms with Gasteiger partial charge >= 0.3 is 0 Å². The van der Waals surface area contributed by atoms with Gasteiger partial charge in [-0.25, -0.2) is 0 Å². The van der Waals surface area contributed by atoms with Crippen molar-refractivity contribution in [1.29, 1.82) is 0 Å². The largest absolute Gasteiger partial charge is 0.0741 e. The molecule has 0 aliphatic rings. The van der Waals surface area contributed by atoms with E-state index in [1.54, 1.807) is 0 Å². The Morgan fingerprint density at radius 2 is 1.88 bits per heavy atom. The first kappa shape index (κ1) is 8.22. The van der Waals surface area contributed by atoms with E-state index in [2.05, 4.69) is 13.5 Å². The molecule has 0 bridgehead atoms. The molecule has 0 rings (SSSR count). The topological polar surface area (TPSA) is 0 Å². The van der Waals surface area contributed by atoms with Crippen LogP contribution in [0.3, 0.4) is 0 Å². The van der Waals surface area contributed by atoms with Gasteiger partial charge in [-0.2, -0.15) is 0 Å². The van der Waals surface area contributed by atoms with Crippen LogP contribution >= 0.6 is 0 Å². The molecule has 0 saturated heterocycles. The van der Waals surface area contributed by atoms with Gasteiger partial charge in [0.2, 0.25) is 0 Å². The van der Waals surface area contributed by atoms with Crippen LogP contribution in [0.2, 0.25) is 12.6 Å². The lowest BCUT2D eigenvalue weighted by molar-refractivity contribution is 0.700. The fourth-order valence-corrected chi connectivity index (χ4v) is 1.47. The van der Waals surface area contributed by atoms with Crippen LogP contribution in [0.5, 0.6) is 0 Å². The zero-order valence-corrected chi connectivity index (χ0v) is 7.27. The summed E-state index contributed by atoms with van der Waals surface area (Å²) >= 11 is 0. The molecule has 0 fully saturated rings. The molecule has 0 aliphatic heterocycles. The van der Waals surface area contributed by atoms with Crippen LogP contribution in [0.4, 0.5) is 0 Å². The molecule has 0 aromatic carbocycles. The fourth-order valence-electron chi connectivity index (χ4n) is 0.775. The van der Waals surface area contributed by atoms with Crippen molar-refractivity contribution in [3.8, 4) is 0 Å². The highest BCUT2D eigenvalue weighted by atomic mass is 28.2. The number of rotatable bonds is 5. The van der Waals surface area contributed by atoms with Crippen LogP contribution in [0.1, 0.15) is 32.6 Å².